The van der Waals surface area contributed by atoms with E-state index in [0.717, 1.165) is 11.3 Å². The van der Waals surface area contributed by atoms with E-state index in [9.17, 15) is 10.1 Å². The van der Waals surface area contributed by atoms with Crippen LogP contribution in [0.5, 0.6) is 0 Å². The van der Waals surface area contributed by atoms with Gasteiger partial charge in [-0.05, 0) is 36.8 Å². The largest absolute Gasteiger partial charge is 0.350 e. The molecule has 0 aromatic heterocycles. The molecule has 1 N–H and O–H groups in total. The topological polar surface area (TPSA) is 55.2 Å². The van der Waals surface area contributed by atoms with Crippen LogP contribution in [0, 0.1) is 17.0 Å². The number of rotatable bonds is 3. The molecule has 0 aliphatic carbocycles. The molecule has 92 valence electrons. The minimum Gasteiger partial charge on any atom is -0.350 e. The maximum Gasteiger partial charge on any atom is 0.311 e. The van der Waals surface area contributed by atoms with Gasteiger partial charge in [-0.25, -0.2) is 0 Å². The van der Waals surface area contributed by atoms with Gasteiger partial charge in [-0.1, -0.05) is 29.8 Å². The maximum absolute atomic E-state index is 11.0. The van der Waals surface area contributed by atoms with Crippen LogP contribution in [0.15, 0.2) is 42.5 Å². The number of nitrogens with zero attached hydrogens (tertiary/aromatic N) is 1. The highest BCUT2D eigenvalue weighted by Crippen LogP contribution is 2.34. The predicted octanol–water partition coefficient (Wildman–Crippen LogP) is 4.30. The highest BCUT2D eigenvalue weighted by molar-refractivity contribution is 6.33. The lowest BCUT2D eigenvalue weighted by atomic mass is 10.2. The van der Waals surface area contributed by atoms with Crippen molar-refractivity contribution in [1.29, 1.82) is 0 Å². The summed E-state index contributed by atoms with van der Waals surface area (Å²) in [5, 5.41) is 14.1. The number of nitrogens with one attached hydrogen (secondary N) is 1. The lowest BCUT2D eigenvalue weighted by Gasteiger charge is -2.08. The Kier molecular flexibility index (Phi) is 3.48. The summed E-state index contributed by atoms with van der Waals surface area (Å²) in [4.78, 5) is 10.5. The van der Waals surface area contributed by atoms with Crippen LogP contribution in [0.25, 0.3) is 0 Å². The molecule has 0 heterocycles. The summed E-state index contributed by atoms with van der Waals surface area (Å²) in [6.45, 7) is 1.96. The first-order valence-corrected chi connectivity index (χ1v) is 5.72. The van der Waals surface area contributed by atoms with Crippen LogP contribution in [0.4, 0.5) is 17.1 Å². The fourth-order valence-corrected chi connectivity index (χ4v) is 1.92. The zero-order valence-electron chi connectivity index (χ0n) is 9.68. The molecule has 0 radical (unpaired) electrons. The number of anilines is 2. The van der Waals surface area contributed by atoms with Crippen LogP contribution in [0.3, 0.4) is 0 Å². The van der Waals surface area contributed by atoms with E-state index in [4.69, 9.17) is 11.6 Å². The lowest BCUT2D eigenvalue weighted by Crippen LogP contribution is -1.97. The van der Waals surface area contributed by atoms with Gasteiger partial charge in [0.15, 0.2) is 0 Å². The number of benzene rings is 2. The Morgan fingerprint density at radius 1 is 1.22 bits per heavy atom. The van der Waals surface area contributed by atoms with Crippen LogP contribution in [-0.4, -0.2) is 4.92 Å². The number of halogens is 1. The molecular formula is C13H11ClN2O2. The quantitative estimate of drug-likeness (QED) is 0.663. The number of nitro benzene ring substituents is 1. The van der Waals surface area contributed by atoms with E-state index < -0.39 is 4.92 Å². The molecule has 0 unspecified atom stereocenters. The molecule has 0 saturated heterocycles. The van der Waals surface area contributed by atoms with Gasteiger partial charge in [0.25, 0.3) is 0 Å². The second-order valence-electron chi connectivity index (χ2n) is 3.89. The monoisotopic (exact) mass is 262 g/mol. The minimum absolute atomic E-state index is 0.110. The zero-order chi connectivity index (χ0) is 13.1. The van der Waals surface area contributed by atoms with Crippen LogP contribution in [0.1, 0.15) is 5.56 Å². The normalized spacial score (nSPS) is 10.1. The summed E-state index contributed by atoms with van der Waals surface area (Å²) >= 11 is 5.84. The van der Waals surface area contributed by atoms with Crippen molar-refractivity contribution in [3.05, 3.63) is 63.2 Å². The Morgan fingerprint density at radius 2 is 1.94 bits per heavy atom. The van der Waals surface area contributed by atoms with Crippen LogP contribution in [-0.2, 0) is 0 Å². The first-order chi connectivity index (χ1) is 8.58. The molecule has 2 aromatic rings. The zero-order valence-corrected chi connectivity index (χ0v) is 10.4. The van der Waals surface area contributed by atoms with Crippen molar-refractivity contribution in [2.45, 2.75) is 6.92 Å². The standard InChI is InChI=1S/C13H11ClN2O2/c1-9-4-2-5-10(8-9)15-12-7-3-6-11(14)13(12)16(17)18/h2-8,15H,1H3. The van der Waals surface area contributed by atoms with E-state index in [2.05, 4.69) is 5.32 Å². The molecule has 0 saturated carbocycles. The van der Waals surface area contributed by atoms with Gasteiger partial charge in [0.1, 0.15) is 10.7 Å². The fraction of sp³-hybridized carbons (Fsp3) is 0.0769. The fourth-order valence-electron chi connectivity index (χ4n) is 1.68. The van der Waals surface area contributed by atoms with Crippen molar-refractivity contribution in [2.24, 2.45) is 0 Å². The smallest absolute Gasteiger partial charge is 0.311 e. The Hall–Kier alpha value is -2.07. The molecule has 5 heteroatoms. The highest BCUT2D eigenvalue weighted by Gasteiger charge is 2.18. The van der Waals surface area contributed by atoms with Crippen molar-refractivity contribution in [3.63, 3.8) is 0 Å². The molecule has 0 bridgehead atoms. The third-order valence-electron chi connectivity index (χ3n) is 2.47. The molecule has 2 rings (SSSR count). The lowest BCUT2D eigenvalue weighted by molar-refractivity contribution is -0.383. The average molecular weight is 263 g/mol. The molecule has 0 atom stereocenters. The van der Waals surface area contributed by atoms with Gasteiger partial charge in [-0.3, -0.25) is 10.1 Å². The first-order valence-electron chi connectivity index (χ1n) is 5.34. The number of aryl methyl sites for hydroxylation is 1. The van der Waals surface area contributed by atoms with E-state index in [1.54, 1.807) is 12.1 Å². The van der Waals surface area contributed by atoms with Gasteiger partial charge in [0, 0.05) is 5.69 Å². The van der Waals surface area contributed by atoms with Crippen molar-refractivity contribution in [1.82, 2.24) is 0 Å². The Labute approximate surface area is 109 Å². The van der Waals surface area contributed by atoms with Crippen LogP contribution >= 0.6 is 11.6 Å². The number of hydrogen-bond donors (Lipinski definition) is 1. The SMILES string of the molecule is Cc1cccc(Nc2cccc(Cl)c2[N+](=O)[O-])c1. The predicted molar refractivity (Wildman–Crippen MR) is 72.6 cm³/mol. The number of nitro groups is 1. The van der Waals surface area contributed by atoms with E-state index in [0.29, 0.717) is 5.69 Å². The Balaban J connectivity index is 2.40. The molecule has 2 aromatic carbocycles. The van der Waals surface area contributed by atoms with Gasteiger partial charge in [-0.2, -0.15) is 0 Å². The Morgan fingerprint density at radius 3 is 2.61 bits per heavy atom. The highest BCUT2D eigenvalue weighted by atomic mass is 35.5. The summed E-state index contributed by atoms with van der Waals surface area (Å²) in [5.74, 6) is 0. The van der Waals surface area contributed by atoms with Crippen LogP contribution in [0.2, 0.25) is 5.02 Å². The summed E-state index contributed by atoms with van der Waals surface area (Å²) in [6, 6.07) is 12.4. The molecule has 0 spiro atoms. The molecule has 0 fully saturated rings. The van der Waals surface area contributed by atoms with E-state index in [-0.39, 0.29) is 10.7 Å². The van der Waals surface area contributed by atoms with Crippen molar-refractivity contribution >= 4 is 28.7 Å². The van der Waals surface area contributed by atoms with Gasteiger partial charge in [0.05, 0.1) is 4.92 Å². The van der Waals surface area contributed by atoms with Gasteiger partial charge >= 0.3 is 5.69 Å². The van der Waals surface area contributed by atoms with Crippen LogP contribution < -0.4 is 5.32 Å². The van der Waals surface area contributed by atoms with E-state index in [1.165, 1.54) is 6.07 Å². The van der Waals surface area contributed by atoms with Gasteiger partial charge < -0.3 is 5.32 Å². The second-order valence-corrected chi connectivity index (χ2v) is 4.29. The van der Waals surface area contributed by atoms with Crippen molar-refractivity contribution in [3.8, 4) is 0 Å². The molecule has 0 aliphatic heterocycles. The minimum atomic E-state index is -0.486. The third-order valence-corrected chi connectivity index (χ3v) is 2.77. The van der Waals surface area contributed by atoms with Gasteiger partial charge in [-0.15, -0.1) is 0 Å². The second kappa shape index (κ2) is 5.06. The molecule has 0 amide bonds. The number of para-hydroxylation sites is 1. The Bertz CT molecular complexity index is 599. The summed E-state index contributed by atoms with van der Waals surface area (Å²) in [5.41, 5.74) is 2.14. The molecular weight excluding hydrogens is 252 g/mol. The van der Waals surface area contributed by atoms with E-state index >= 15 is 0 Å². The van der Waals surface area contributed by atoms with Crippen molar-refractivity contribution < 1.29 is 4.92 Å². The summed E-state index contributed by atoms with van der Waals surface area (Å²) in [6.07, 6.45) is 0. The summed E-state index contributed by atoms with van der Waals surface area (Å²) in [7, 11) is 0. The molecule has 18 heavy (non-hydrogen) atoms. The van der Waals surface area contributed by atoms with Crippen molar-refractivity contribution in [2.75, 3.05) is 5.32 Å². The maximum atomic E-state index is 11.0. The van der Waals surface area contributed by atoms with E-state index in [1.807, 2.05) is 31.2 Å². The van der Waals surface area contributed by atoms with Gasteiger partial charge in [0.2, 0.25) is 0 Å². The molecule has 4 nitrogen and oxygen atoms in total. The first kappa shape index (κ1) is 12.4. The summed E-state index contributed by atoms with van der Waals surface area (Å²) < 4.78 is 0. The number of hydrogen-bond acceptors (Lipinski definition) is 3. The molecule has 0 aliphatic rings. The third kappa shape index (κ3) is 2.60. The average Bonchev–Trinajstić information content (AvgIpc) is 2.28.